The van der Waals surface area contributed by atoms with E-state index in [2.05, 4.69) is 20.6 Å². The fourth-order valence-electron chi connectivity index (χ4n) is 2.69. The summed E-state index contributed by atoms with van der Waals surface area (Å²) in [4.78, 5) is 19.7. The molecule has 0 fully saturated rings. The molecule has 3 rings (SSSR count). The van der Waals surface area contributed by atoms with Crippen LogP contribution in [0.15, 0.2) is 42.6 Å². The third-order valence-corrected chi connectivity index (χ3v) is 3.81. The van der Waals surface area contributed by atoms with Gasteiger partial charge in [0.2, 0.25) is 5.82 Å². The van der Waals surface area contributed by atoms with Crippen molar-refractivity contribution in [3.05, 3.63) is 48.4 Å². The molecule has 2 aromatic heterocycles. The van der Waals surface area contributed by atoms with Crippen LogP contribution in [0.4, 0.5) is 23.7 Å². The van der Waals surface area contributed by atoms with Crippen molar-refractivity contribution >= 4 is 22.9 Å². The maximum atomic E-state index is 13.3. The summed E-state index contributed by atoms with van der Waals surface area (Å²) in [7, 11) is 0. The lowest BCUT2D eigenvalue weighted by Gasteiger charge is -2.13. The van der Waals surface area contributed by atoms with Gasteiger partial charge in [0.15, 0.2) is 5.65 Å². The van der Waals surface area contributed by atoms with Gasteiger partial charge in [0.1, 0.15) is 11.3 Å². The Hall–Kier alpha value is -3.30. The third-order valence-electron chi connectivity index (χ3n) is 3.81. The fraction of sp³-hybridized carbons (Fsp3) is 0.278. The number of rotatable bonds is 6. The summed E-state index contributed by atoms with van der Waals surface area (Å²) in [6, 6.07) is 9.29. The van der Waals surface area contributed by atoms with Crippen molar-refractivity contribution in [1.82, 2.24) is 19.9 Å². The molecule has 0 aliphatic heterocycles. The number of aromatic nitrogens is 3. The monoisotopic (exact) mass is 393 g/mol. The van der Waals surface area contributed by atoms with Crippen LogP contribution in [0.3, 0.4) is 0 Å². The van der Waals surface area contributed by atoms with Gasteiger partial charge in [-0.05, 0) is 31.2 Å². The molecule has 2 N–H and O–H groups in total. The Morgan fingerprint density at radius 3 is 2.75 bits per heavy atom. The van der Waals surface area contributed by atoms with Gasteiger partial charge in [0.05, 0.1) is 12.3 Å². The number of fused-ring (bicyclic) bond motifs is 1. The summed E-state index contributed by atoms with van der Waals surface area (Å²) in [6.45, 7) is 2.07. The van der Waals surface area contributed by atoms with E-state index < -0.39 is 18.0 Å². The zero-order valence-electron chi connectivity index (χ0n) is 15.0. The first-order chi connectivity index (χ1) is 13.4. The topological polar surface area (TPSA) is 81.1 Å². The number of anilines is 1. The number of ether oxygens (including phenoxy) is 1. The van der Waals surface area contributed by atoms with Crippen LogP contribution in [-0.2, 0) is 12.7 Å². The highest BCUT2D eigenvalue weighted by Gasteiger charge is 2.37. The first-order valence-corrected chi connectivity index (χ1v) is 8.55. The van der Waals surface area contributed by atoms with Gasteiger partial charge < -0.3 is 19.9 Å². The van der Waals surface area contributed by atoms with E-state index in [1.165, 1.54) is 18.3 Å². The largest absolute Gasteiger partial charge is 0.492 e. The Bertz CT molecular complexity index is 971. The molecule has 2 amide bonds. The van der Waals surface area contributed by atoms with Gasteiger partial charge in [0, 0.05) is 19.3 Å². The van der Waals surface area contributed by atoms with Crippen LogP contribution in [0.2, 0.25) is 0 Å². The fourth-order valence-corrected chi connectivity index (χ4v) is 2.69. The van der Waals surface area contributed by atoms with Gasteiger partial charge in [0.25, 0.3) is 0 Å². The molecule has 0 aliphatic carbocycles. The summed E-state index contributed by atoms with van der Waals surface area (Å²) in [5, 5.41) is 5.15. The highest BCUT2D eigenvalue weighted by atomic mass is 19.4. The third kappa shape index (κ3) is 4.33. The van der Waals surface area contributed by atoms with E-state index in [1.807, 2.05) is 6.92 Å². The van der Waals surface area contributed by atoms with E-state index in [9.17, 15) is 18.0 Å². The number of urea groups is 1. The minimum absolute atomic E-state index is 0.0479. The van der Waals surface area contributed by atoms with Crippen LogP contribution >= 0.6 is 0 Å². The van der Waals surface area contributed by atoms with Crippen molar-refractivity contribution in [1.29, 1.82) is 0 Å². The average Bonchev–Trinajstić information content (AvgIpc) is 3.03. The summed E-state index contributed by atoms with van der Waals surface area (Å²) in [5.41, 5.74) is 0.719. The molecular formula is C18H18F3N5O2. The van der Waals surface area contributed by atoms with Crippen LogP contribution in [-0.4, -0.2) is 33.7 Å². The Kier molecular flexibility index (Phi) is 5.67. The minimum atomic E-state index is -4.63. The lowest BCUT2D eigenvalue weighted by Crippen LogP contribution is -2.32. The molecule has 0 bridgehead atoms. The van der Waals surface area contributed by atoms with E-state index in [0.29, 0.717) is 18.0 Å². The van der Waals surface area contributed by atoms with E-state index in [0.717, 1.165) is 4.57 Å². The molecule has 2 heterocycles. The number of pyridine rings is 1. The van der Waals surface area contributed by atoms with E-state index in [1.54, 1.807) is 24.3 Å². The molecule has 0 saturated carbocycles. The molecule has 0 spiro atoms. The maximum absolute atomic E-state index is 13.3. The predicted octanol–water partition coefficient (Wildman–Crippen LogP) is 3.67. The first-order valence-electron chi connectivity index (χ1n) is 8.55. The zero-order valence-corrected chi connectivity index (χ0v) is 15.0. The number of hydrogen-bond acceptors (Lipinski definition) is 4. The molecule has 0 unspecified atom stereocenters. The van der Waals surface area contributed by atoms with Crippen molar-refractivity contribution in [2.24, 2.45) is 0 Å². The summed E-state index contributed by atoms with van der Waals surface area (Å²) in [6.07, 6.45) is -3.23. The molecular weight excluding hydrogens is 375 g/mol. The molecule has 3 aromatic rings. The van der Waals surface area contributed by atoms with Crippen LogP contribution in [0.25, 0.3) is 11.2 Å². The number of para-hydroxylation sites is 2. The number of imidazole rings is 1. The predicted molar refractivity (Wildman–Crippen MR) is 97.2 cm³/mol. The molecule has 1 aromatic carbocycles. The number of halogens is 3. The zero-order chi connectivity index (χ0) is 20.1. The Morgan fingerprint density at radius 1 is 1.21 bits per heavy atom. The lowest BCUT2D eigenvalue weighted by atomic mass is 10.3. The molecule has 0 aliphatic rings. The van der Waals surface area contributed by atoms with E-state index in [4.69, 9.17) is 4.74 Å². The molecule has 7 nitrogen and oxygen atoms in total. The van der Waals surface area contributed by atoms with Gasteiger partial charge in [-0.15, -0.1) is 0 Å². The maximum Gasteiger partial charge on any atom is 0.449 e. The second-order valence-corrected chi connectivity index (χ2v) is 5.74. The quantitative estimate of drug-likeness (QED) is 0.670. The average molecular weight is 393 g/mol. The molecule has 0 saturated heterocycles. The summed E-state index contributed by atoms with van der Waals surface area (Å²) in [5.74, 6) is -0.547. The van der Waals surface area contributed by atoms with Crippen LogP contribution in [0.5, 0.6) is 5.75 Å². The van der Waals surface area contributed by atoms with Crippen LogP contribution in [0, 0.1) is 0 Å². The Labute approximate surface area is 158 Å². The highest BCUT2D eigenvalue weighted by molar-refractivity contribution is 5.90. The van der Waals surface area contributed by atoms with Crippen LogP contribution < -0.4 is 15.4 Å². The van der Waals surface area contributed by atoms with Crippen molar-refractivity contribution in [2.75, 3.05) is 18.5 Å². The van der Waals surface area contributed by atoms with Crippen molar-refractivity contribution in [2.45, 2.75) is 19.6 Å². The van der Waals surface area contributed by atoms with Crippen molar-refractivity contribution < 1.29 is 22.7 Å². The number of nitrogens with zero attached hydrogens (tertiary/aromatic N) is 3. The second kappa shape index (κ2) is 8.15. The number of carbonyl (C=O) groups is 1. The first kappa shape index (κ1) is 19.5. The highest BCUT2D eigenvalue weighted by Crippen LogP contribution is 2.30. The van der Waals surface area contributed by atoms with Gasteiger partial charge in [-0.3, -0.25) is 0 Å². The molecule has 0 radical (unpaired) electrons. The van der Waals surface area contributed by atoms with Crippen LogP contribution in [0.1, 0.15) is 12.7 Å². The van der Waals surface area contributed by atoms with Crippen molar-refractivity contribution in [3.8, 4) is 5.75 Å². The number of hydrogen-bond donors (Lipinski definition) is 2. The standard InChI is InChI=1S/C18H18F3N5O2/c1-2-28-14-8-4-3-6-12(14)25-17(27)23-10-11-26-15-13(7-5-9-22-15)24-16(26)18(19,20)21/h3-9H,2,10-11H2,1H3,(H2,23,25,27). The normalized spacial score (nSPS) is 11.4. The number of nitrogens with one attached hydrogen (secondary N) is 2. The summed E-state index contributed by atoms with van der Waals surface area (Å²) < 4.78 is 46.1. The van der Waals surface area contributed by atoms with Gasteiger partial charge in [-0.25, -0.2) is 14.8 Å². The lowest BCUT2D eigenvalue weighted by molar-refractivity contribution is -0.146. The smallest absolute Gasteiger partial charge is 0.449 e. The van der Waals surface area contributed by atoms with E-state index in [-0.39, 0.29) is 24.3 Å². The second-order valence-electron chi connectivity index (χ2n) is 5.74. The summed E-state index contributed by atoms with van der Waals surface area (Å²) >= 11 is 0. The van der Waals surface area contributed by atoms with Gasteiger partial charge >= 0.3 is 12.2 Å². The molecule has 0 atom stereocenters. The van der Waals surface area contributed by atoms with Gasteiger partial charge in [-0.1, -0.05) is 12.1 Å². The Morgan fingerprint density at radius 2 is 2.00 bits per heavy atom. The molecule has 28 heavy (non-hydrogen) atoms. The SMILES string of the molecule is CCOc1ccccc1NC(=O)NCCn1c(C(F)(F)F)nc2cccnc21. The number of benzene rings is 1. The number of carbonyl (C=O) groups excluding carboxylic acids is 1. The van der Waals surface area contributed by atoms with E-state index >= 15 is 0 Å². The number of alkyl halides is 3. The van der Waals surface area contributed by atoms with Crippen molar-refractivity contribution in [3.63, 3.8) is 0 Å². The van der Waals surface area contributed by atoms with Gasteiger partial charge in [-0.2, -0.15) is 13.2 Å². The number of amides is 2. The molecule has 148 valence electrons. The minimum Gasteiger partial charge on any atom is -0.492 e. The Balaban J connectivity index is 1.68. The molecule has 10 heteroatoms.